The number of hydrogen-bond acceptors (Lipinski definition) is 5. The van der Waals surface area contributed by atoms with Gasteiger partial charge in [-0.3, -0.25) is 13.9 Å². The van der Waals surface area contributed by atoms with E-state index in [1.54, 1.807) is 13.2 Å². The molecule has 0 unspecified atom stereocenters. The van der Waals surface area contributed by atoms with Crippen molar-refractivity contribution in [3.05, 3.63) is 56.5 Å². The van der Waals surface area contributed by atoms with Gasteiger partial charge in [-0.15, -0.1) is 0 Å². The van der Waals surface area contributed by atoms with Gasteiger partial charge in [0.05, 0.1) is 5.69 Å². The maximum absolute atomic E-state index is 12.6. The summed E-state index contributed by atoms with van der Waals surface area (Å²) in [6, 6.07) is 5.60. The summed E-state index contributed by atoms with van der Waals surface area (Å²) >= 11 is 0. The molecule has 23 heavy (non-hydrogen) atoms. The van der Waals surface area contributed by atoms with Crippen LogP contribution < -0.4 is 16.6 Å². The number of aromatic nitrogens is 4. The van der Waals surface area contributed by atoms with Gasteiger partial charge in [-0.25, -0.2) is 14.8 Å². The highest BCUT2D eigenvalue weighted by atomic mass is 16.2. The molecular formula is C16H17N5O2. The molecule has 3 rings (SSSR count). The van der Waals surface area contributed by atoms with Gasteiger partial charge in [-0.05, 0) is 31.5 Å². The molecular weight excluding hydrogens is 294 g/mol. The maximum atomic E-state index is 12.6. The predicted molar refractivity (Wildman–Crippen MR) is 89.2 cm³/mol. The van der Waals surface area contributed by atoms with Crippen LogP contribution in [0.3, 0.4) is 0 Å². The minimum absolute atomic E-state index is 0.346. The molecule has 3 aromatic heterocycles. The van der Waals surface area contributed by atoms with Crippen molar-refractivity contribution in [1.29, 1.82) is 0 Å². The van der Waals surface area contributed by atoms with E-state index in [0.717, 1.165) is 15.8 Å². The number of anilines is 2. The summed E-state index contributed by atoms with van der Waals surface area (Å²) in [5.74, 6) is 0.636. The van der Waals surface area contributed by atoms with Gasteiger partial charge in [-0.1, -0.05) is 6.07 Å². The summed E-state index contributed by atoms with van der Waals surface area (Å²) in [7, 11) is 3.06. The zero-order chi connectivity index (χ0) is 16.7. The number of aryl methyl sites for hydroxylation is 3. The van der Waals surface area contributed by atoms with E-state index < -0.39 is 5.69 Å². The minimum Gasteiger partial charge on any atom is -0.339 e. The van der Waals surface area contributed by atoms with E-state index in [-0.39, 0.29) is 5.56 Å². The van der Waals surface area contributed by atoms with Crippen molar-refractivity contribution in [1.82, 2.24) is 19.1 Å². The van der Waals surface area contributed by atoms with Crippen LogP contribution in [0.5, 0.6) is 0 Å². The molecule has 0 spiro atoms. The van der Waals surface area contributed by atoms with E-state index in [1.165, 1.54) is 11.6 Å². The van der Waals surface area contributed by atoms with Gasteiger partial charge in [0, 0.05) is 26.0 Å². The Morgan fingerprint density at radius 1 is 1.09 bits per heavy atom. The highest BCUT2D eigenvalue weighted by Crippen LogP contribution is 2.24. The Kier molecular flexibility index (Phi) is 3.48. The van der Waals surface area contributed by atoms with Gasteiger partial charge in [0.25, 0.3) is 5.56 Å². The van der Waals surface area contributed by atoms with E-state index in [1.807, 2.05) is 32.0 Å². The quantitative estimate of drug-likeness (QED) is 0.773. The molecule has 3 heterocycles. The summed E-state index contributed by atoms with van der Waals surface area (Å²) in [5.41, 5.74) is 1.85. The molecule has 1 N–H and O–H groups in total. The summed E-state index contributed by atoms with van der Waals surface area (Å²) in [5, 5.41) is 3.56. The second-order valence-electron chi connectivity index (χ2n) is 5.51. The molecule has 0 aliphatic heterocycles. The molecule has 0 saturated heterocycles. The molecule has 0 fully saturated rings. The van der Waals surface area contributed by atoms with Crippen molar-refractivity contribution in [2.75, 3.05) is 5.32 Å². The Hall–Kier alpha value is -2.96. The SMILES string of the molecule is Cc1cccc(Nc2c(C)cnc3c2c(=O)n(C)c(=O)n3C)n1. The standard InChI is InChI=1S/C16H17N5O2/c1-9-8-17-14-12(15(22)21(4)16(23)20(14)3)13(9)19-11-7-5-6-10(2)18-11/h5-8H,1-4H3,(H,17,18,19). The van der Waals surface area contributed by atoms with Gasteiger partial charge >= 0.3 is 5.69 Å². The van der Waals surface area contributed by atoms with Gasteiger partial charge in [-0.2, -0.15) is 0 Å². The number of rotatable bonds is 2. The first-order valence-electron chi connectivity index (χ1n) is 7.16. The zero-order valence-corrected chi connectivity index (χ0v) is 13.4. The van der Waals surface area contributed by atoms with Gasteiger partial charge in [0.1, 0.15) is 11.2 Å². The molecule has 0 amide bonds. The fourth-order valence-corrected chi connectivity index (χ4v) is 2.52. The number of pyridine rings is 2. The second-order valence-corrected chi connectivity index (χ2v) is 5.51. The maximum Gasteiger partial charge on any atom is 0.332 e. The third-order valence-corrected chi connectivity index (χ3v) is 3.80. The van der Waals surface area contributed by atoms with Gasteiger partial charge in [0.15, 0.2) is 5.65 Å². The summed E-state index contributed by atoms with van der Waals surface area (Å²) in [6.45, 7) is 3.75. The lowest BCUT2D eigenvalue weighted by atomic mass is 10.2. The first-order chi connectivity index (χ1) is 10.9. The predicted octanol–water partition coefficient (Wildman–Crippen LogP) is 1.39. The highest BCUT2D eigenvalue weighted by Gasteiger charge is 2.16. The van der Waals surface area contributed by atoms with E-state index in [9.17, 15) is 9.59 Å². The normalized spacial score (nSPS) is 11.0. The third-order valence-electron chi connectivity index (χ3n) is 3.80. The highest BCUT2D eigenvalue weighted by molar-refractivity contribution is 5.91. The summed E-state index contributed by atoms with van der Waals surface area (Å²) in [6.07, 6.45) is 1.64. The second kappa shape index (κ2) is 5.35. The Labute approximate surface area is 132 Å². The van der Waals surface area contributed by atoms with Gasteiger partial charge in [0.2, 0.25) is 0 Å². The van der Waals surface area contributed by atoms with Crippen LogP contribution in [-0.4, -0.2) is 19.1 Å². The van der Waals surface area contributed by atoms with Crippen LogP contribution in [-0.2, 0) is 14.1 Å². The van der Waals surface area contributed by atoms with E-state index >= 15 is 0 Å². The number of hydrogen-bond donors (Lipinski definition) is 1. The van der Waals surface area contributed by atoms with Crippen LogP contribution in [0.2, 0.25) is 0 Å². The summed E-state index contributed by atoms with van der Waals surface area (Å²) in [4.78, 5) is 33.3. The van der Waals surface area contributed by atoms with Crippen molar-refractivity contribution in [3.8, 4) is 0 Å². The van der Waals surface area contributed by atoms with Crippen molar-refractivity contribution >= 4 is 22.5 Å². The molecule has 0 bridgehead atoms. The third kappa shape index (κ3) is 2.40. The van der Waals surface area contributed by atoms with Crippen molar-refractivity contribution < 1.29 is 0 Å². The Bertz CT molecular complexity index is 1030. The van der Waals surface area contributed by atoms with E-state index in [4.69, 9.17) is 0 Å². The van der Waals surface area contributed by atoms with Crippen LogP contribution in [0.4, 0.5) is 11.5 Å². The lowest BCUT2D eigenvalue weighted by Gasteiger charge is -2.14. The summed E-state index contributed by atoms with van der Waals surface area (Å²) < 4.78 is 2.45. The van der Waals surface area contributed by atoms with Crippen molar-refractivity contribution in [2.45, 2.75) is 13.8 Å². The molecule has 0 aliphatic carbocycles. The molecule has 0 radical (unpaired) electrons. The monoisotopic (exact) mass is 311 g/mol. The molecule has 0 saturated carbocycles. The fraction of sp³-hybridized carbons (Fsp3) is 0.250. The Balaban J connectivity index is 2.34. The Morgan fingerprint density at radius 2 is 1.83 bits per heavy atom. The van der Waals surface area contributed by atoms with E-state index in [0.29, 0.717) is 22.5 Å². The average molecular weight is 311 g/mol. The van der Waals surface area contributed by atoms with Crippen LogP contribution in [0.15, 0.2) is 34.0 Å². The topological polar surface area (TPSA) is 81.8 Å². The van der Waals surface area contributed by atoms with Gasteiger partial charge < -0.3 is 5.32 Å². The van der Waals surface area contributed by atoms with Crippen molar-refractivity contribution in [3.63, 3.8) is 0 Å². The van der Waals surface area contributed by atoms with Crippen LogP contribution in [0, 0.1) is 13.8 Å². The molecule has 3 aromatic rings. The van der Waals surface area contributed by atoms with Crippen molar-refractivity contribution in [2.24, 2.45) is 14.1 Å². The zero-order valence-electron chi connectivity index (χ0n) is 13.4. The largest absolute Gasteiger partial charge is 0.339 e. The Morgan fingerprint density at radius 3 is 2.52 bits per heavy atom. The molecule has 0 aromatic carbocycles. The van der Waals surface area contributed by atoms with Crippen LogP contribution in [0.25, 0.3) is 11.0 Å². The van der Waals surface area contributed by atoms with Crippen LogP contribution in [0.1, 0.15) is 11.3 Å². The average Bonchev–Trinajstić information content (AvgIpc) is 2.52. The molecule has 118 valence electrons. The first kappa shape index (κ1) is 15.0. The fourth-order valence-electron chi connectivity index (χ4n) is 2.52. The molecule has 0 atom stereocenters. The molecule has 7 heteroatoms. The van der Waals surface area contributed by atoms with E-state index in [2.05, 4.69) is 15.3 Å². The smallest absolute Gasteiger partial charge is 0.332 e. The number of nitrogens with one attached hydrogen (secondary N) is 1. The number of nitrogens with zero attached hydrogens (tertiary/aromatic N) is 4. The lowest BCUT2D eigenvalue weighted by Crippen LogP contribution is -2.37. The van der Waals surface area contributed by atoms with Crippen LogP contribution >= 0.6 is 0 Å². The lowest BCUT2D eigenvalue weighted by molar-refractivity contribution is 0.707. The minimum atomic E-state index is -0.404. The number of fused-ring (bicyclic) bond motifs is 1. The first-order valence-corrected chi connectivity index (χ1v) is 7.16. The molecule has 0 aliphatic rings. The molecule has 7 nitrogen and oxygen atoms in total.